The molecule has 0 bridgehead atoms. The normalized spacial score (nSPS) is 10.6. The first-order valence-electron chi connectivity index (χ1n) is 7.94. The average molecular weight is 341 g/mol. The van der Waals surface area contributed by atoms with E-state index in [9.17, 15) is 4.79 Å². The van der Waals surface area contributed by atoms with Crippen molar-refractivity contribution in [3.05, 3.63) is 47.8 Å². The molecule has 25 heavy (non-hydrogen) atoms. The molecule has 8 nitrogen and oxygen atoms in total. The highest BCUT2D eigenvalue weighted by molar-refractivity contribution is 5.79. The summed E-state index contributed by atoms with van der Waals surface area (Å²) >= 11 is 0. The van der Waals surface area contributed by atoms with Gasteiger partial charge < -0.3 is 14.8 Å². The minimum absolute atomic E-state index is 0.137. The van der Waals surface area contributed by atoms with E-state index in [0.717, 1.165) is 5.56 Å². The molecular formula is C17H19N5O3. The first kappa shape index (κ1) is 16.7. The summed E-state index contributed by atoms with van der Waals surface area (Å²) in [6.45, 7) is 2.63. The quantitative estimate of drug-likeness (QED) is 0.698. The third kappa shape index (κ3) is 3.85. The number of methoxy groups -OCH3 is 1. The Bertz CT molecular complexity index is 878. The molecule has 0 fully saturated rings. The second-order valence-electron chi connectivity index (χ2n) is 5.26. The van der Waals surface area contributed by atoms with Gasteiger partial charge in [0.1, 0.15) is 5.75 Å². The van der Waals surface area contributed by atoms with Crippen LogP contribution >= 0.6 is 0 Å². The lowest BCUT2D eigenvalue weighted by atomic mass is 10.1. The molecule has 0 radical (unpaired) electrons. The fraction of sp³-hybridized carbons (Fsp3) is 0.294. The largest absolute Gasteiger partial charge is 0.496 e. The van der Waals surface area contributed by atoms with Gasteiger partial charge in [0, 0.05) is 11.6 Å². The van der Waals surface area contributed by atoms with Gasteiger partial charge in [-0.1, -0.05) is 18.2 Å². The third-order valence-electron chi connectivity index (χ3n) is 3.58. The minimum Gasteiger partial charge on any atom is -0.496 e. The molecule has 0 unspecified atom stereocenters. The highest BCUT2D eigenvalue weighted by Crippen LogP contribution is 2.17. The van der Waals surface area contributed by atoms with Gasteiger partial charge in [-0.15, -0.1) is 15.3 Å². The predicted molar refractivity (Wildman–Crippen MR) is 90.5 cm³/mol. The summed E-state index contributed by atoms with van der Waals surface area (Å²) < 4.78 is 12.2. The molecule has 1 aromatic carbocycles. The van der Waals surface area contributed by atoms with Gasteiger partial charge in [0.25, 0.3) is 0 Å². The Labute approximate surface area is 144 Å². The first-order chi connectivity index (χ1) is 12.2. The van der Waals surface area contributed by atoms with Crippen molar-refractivity contribution in [3.8, 4) is 11.6 Å². The number of rotatable bonds is 7. The summed E-state index contributed by atoms with van der Waals surface area (Å²) in [6.07, 6.45) is 0.221. The van der Waals surface area contributed by atoms with E-state index in [0.29, 0.717) is 29.7 Å². The monoisotopic (exact) mass is 341 g/mol. The van der Waals surface area contributed by atoms with Crippen molar-refractivity contribution < 1.29 is 14.3 Å². The van der Waals surface area contributed by atoms with Gasteiger partial charge in [-0.05, 0) is 19.1 Å². The van der Waals surface area contributed by atoms with Gasteiger partial charge in [0.15, 0.2) is 11.5 Å². The molecule has 130 valence electrons. The fourth-order valence-corrected chi connectivity index (χ4v) is 2.41. The third-order valence-corrected chi connectivity index (χ3v) is 3.58. The van der Waals surface area contributed by atoms with Crippen LogP contribution in [0.3, 0.4) is 0 Å². The summed E-state index contributed by atoms with van der Waals surface area (Å²) in [5.41, 5.74) is 1.42. The molecule has 8 heteroatoms. The number of carbonyl (C=O) groups is 1. The molecular weight excluding hydrogens is 322 g/mol. The van der Waals surface area contributed by atoms with E-state index in [1.807, 2.05) is 31.2 Å². The number of hydrogen-bond donors (Lipinski definition) is 1. The maximum Gasteiger partial charge on any atom is 0.231 e. The van der Waals surface area contributed by atoms with Gasteiger partial charge in [-0.25, -0.2) is 0 Å². The molecule has 0 atom stereocenters. The Balaban J connectivity index is 1.67. The number of benzene rings is 1. The van der Waals surface area contributed by atoms with Gasteiger partial charge >= 0.3 is 0 Å². The van der Waals surface area contributed by atoms with E-state index in [4.69, 9.17) is 9.47 Å². The van der Waals surface area contributed by atoms with Crippen molar-refractivity contribution in [1.29, 1.82) is 0 Å². The molecule has 3 aromatic rings. The van der Waals surface area contributed by atoms with Crippen LogP contribution < -0.4 is 14.8 Å². The van der Waals surface area contributed by atoms with Crippen molar-refractivity contribution in [2.24, 2.45) is 0 Å². The summed E-state index contributed by atoms with van der Waals surface area (Å²) in [4.78, 5) is 12.2. The van der Waals surface area contributed by atoms with Gasteiger partial charge in [-0.3, -0.25) is 4.79 Å². The van der Waals surface area contributed by atoms with Crippen LogP contribution in [0.4, 0.5) is 0 Å². The van der Waals surface area contributed by atoms with Crippen LogP contribution in [0.5, 0.6) is 11.6 Å². The van der Waals surface area contributed by atoms with Crippen LogP contribution in [0.15, 0.2) is 36.4 Å². The van der Waals surface area contributed by atoms with Crippen LogP contribution in [0.1, 0.15) is 18.3 Å². The van der Waals surface area contributed by atoms with Gasteiger partial charge in [0.2, 0.25) is 11.8 Å². The summed E-state index contributed by atoms with van der Waals surface area (Å²) in [5, 5.41) is 15.2. The van der Waals surface area contributed by atoms with Crippen LogP contribution in [-0.2, 0) is 17.8 Å². The number of aromatic nitrogens is 4. The topological polar surface area (TPSA) is 90.6 Å². The smallest absolute Gasteiger partial charge is 0.231 e. The van der Waals surface area contributed by atoms with Crippen LogP contribution in [0, 0.1) is 0 Å². The number of hydrogen-bond acceptors (Lipinski definition) is 6. The zero-order chi connectivity index (χ0) is 17.6. The van der Waals surface area contributed by atoms with Crippen LogP contribution in [0.2, 0.25) is 0 Å². The van der Waals surface area contributed by atoms with E-state index >= 15 is 0 Å². The van der Waals surface area contributed by atoms with Crippen molar-refractivity contribution in [2.45, 2.75) is 19.9 Å². The second kappa shape index (κ2) is 7.61. The maximum absolute atomic E-state index is 12.2. The average Bonchev–Trinajstić information content (AvgIpc) is 3.03. The minimum atomic E-state index is -0.137. The number of carbonyl (C=O) groups excluding carboxylic acids is 1. The second-order valence-corrected chi connectivity index (χ2v) is 5.26. The Morgan fingerprint density at radius 1 is 1.20 bits per heavy atom. The van der Waals surface area contributed by atoms with E-state index in [-0.39, 0.29) is 18.9 Å². The fourth-order valence-electron chi connectivity index (χ4n) is 2.41. The molecule has 0 aliphatic carbocycles. The number of para-hydroxylation sites is 1. The zero-order valence-corrected chi connectivity index (χ0v) is 14.1. The molecule has 1 amide bonds. The lowest BCUT2D eigenvalue weighted by Gasteiger charge is -2.08. The highest BCUT2D eigenvalue weighted by Gasteiger charge is 2.11. The Morgan fingerprint density at radius 2 is 2.04 bits per heavy atom. The SMILES string of the molecule is CCOc1ccc2nnc(CNC(=O)Cc3ccccc3OC)n2n1. The highest BCUT2D eigenvalue weighted by atomic mass is 16.5. The lowest BCUT2D eigenvalue weighted by Crippen LogP contribution is -2.26. The predicted octanol–water partition coefficient (Wildman–Crippen LogP) is 1.39. The van der Waals surface area contributed by atoms with E-state index < -0.39 is 0 Å². The van der Waals surface area contributed by atoms with Crippen molar-refractivity contribution >= 4 is 11.6 Å². The Hall–Kier alpha value is -3.16. The molecule has 2 heterocycles. The molecule has 3 rings (SSSR count). The zero-order valence-electron chi connectivity index (χ0n) is 14.1. The first-order valence-corrected chi connectivity index (χ1v) is 7.94. The molecule has 0 saturated carbocycles. The summed E-state index contributed by atoms with van der Waals surface area (Å²) in [7, 11) is 1.58. The number of nitrogens with zero attached hydrogens (tertiary/aromatic N) is 4. The Morgan fingerprint density at radius 3 is 2.84 bits per heavy atom. The molecule has 0 aliphatic rings. The number of ether oxygens (including phenoxy) is 2. The Kier molecular flexibility index (Phi) is 5.08. The van der Waals surface area contributed by atoms with Crippen molar-refractivity contribution in [3.63, 3.8) is 0 Å². The molecule has 1 N–H and O–H groups in total. The van der Waals surface area contributed by atoms with E-state index in [1.165, 1.54) is 0 Å². The van der Waals surface area contributed by atoms with E-state index in [1.54, 1.807) is 23.8 Å². The summed E-state index contributed by atoms with van der Waals surface area (Å²) in [6, 6.07) is 10.9. The van der Waals surface area contributed by atoms with Crippen molar-refractivity contribution in [1.82, 2.24) is 25.1 Å². The lowest BCUT2D eigenvalue weighted by molar-refractivity contribution is -0.120. The maximum atomic E-state index is 12.2. The number of amides is 1. The van der Waals surface area contributed by atoms with Crippen molar-refractivity contribution in [2.75, 3.05) is 13.7 Å². The molecule has 0 saturated heterocycles. The molecule has 0 spiro atoms. The van der Waals surface area contributed by atoms with Crippen LogP contribution in [-0.4, -0.2) is 39.4 Å². The van der Waals surface area contributed by atoms with Gasteiger partial charge in [-0.2, -0.15) is 4.52 Å². The number of fused-ring (bicyclic) bond motifs is 1. The number of nitrogens with one attached hydrogen (secondary N) is 1. The molecule has 2 aromatic heterocycles. The molecule has 0 aliphatic heterocycles. The van der Waals surface area contributed by atoms with E-state index in [2.05, 4.69) is 20.6 Å². The summed E-state index contributed by atoms with van der Waals surface area (Å²) in [5.74, 6) is 1.57. The standard InChI is InChI=1S/C17H19N5O3/c1-3-25-17-9-8-14-19-20-15(22(14)21-17)11-18-16(23)10-12-6-4-5-7-13(12)24-2/h4-9H,3,10-11H2,1-2H3,(H,18,23). The van der Waals surface area contributed by atoms with Crippen LogP contribution in [0.25, 0.3) is 5.65 Å². The van der Waals surface area contributed by atoms with Gasteiger partial charge in [0.05, 0.1) is 26.7 Å².